The van der Waals surface area contributed by atoms with Crippen molar-refractivity contribution in [3.63, 3.8) is 0 Å². The average Bonchev–Trinajstić information content (AvgIpc) is 2.48. The number of nitrogens with zero attached hydrogens (tertiary/aromatic N) is 1. The van der Waals surface area contributed by atoms with Crippen LogP contribution in [-0.2, 0) is 4.74 Å². The van der Waals surface area contributed by atoms with Crippen LogP contribution < -0.4 is 5.32 Å². The highest BCUT2D eigenvalue weighted by molar-refractivity contribution is 6.30. The number of ether oxygens (including phenoxy) is 1. The van der Waals surface area contributed by atoms with Gasteiger partial charge in [-0.15, -0.1) is 0 Å². The quantitative estimate of drug-likeness (QED) is 0.862. The van der Waals surface area contributed by atoms with E-state index < -0.39 is 0 Å². The number of rotatable bonds is 5. The first-order valence-corrected chi connectivity index (χ1v) is 6.56. The molecule has 2 aromatic rings. The monoisotopic (exact) mass is 290 g/mol. The lowest BCUT2D eigenvalue weighted by atomic mass is 10.1. The number of carbonyl (C=O) groups excluding carboxylic acids is 1. The van der Waals surface area contributed by atoms with Gasteiger partial charge in [-0.3, -0.25) is 9.78 Å². The first-order chi connectivity index (χ1) is 9.70. The second kappa shape index (κ2) is 7.03. The number of amides is 1. The maximum atomic E-state index is 11.9. The lowest BCUT2D eigenvalue weighted by molar-refractivity contribution is 0.0937. The summed E-state index contributed by atoms with van der Waals surface area (Å²) in [5.41, 5.74) is 2.36. The standard InChI is InChI=1S/C15H15ClN2O2/c1-20-7-6-18-15(19)13-8-12(9-17-10-13)11-2-4-14(16)5-3-11/h2-5,8-10H,6-7H2,1H3,(H,18,19). The van der Waals surface area contributed by atoms with Gasteiger partial charge in [0, 0.05) is 36.6 Å². The Balaban J connectivity index is 2.15. The molecule has 0 spiro atoms. The highest BCUT2D eigenvalue weighted by atomic mass is 35.5. The molecule has 1 amide bonds. The smallest absolute Gasteiger partial charge is 0.252 e. The minimum absolute atomic E-state index is 0.162. The van der Waals surface area contributed by atoms with Crippen LogP contribution >= 0.6 is 11.6 Å². The van der Waals surface area contributed by atoms with Crippen LogP contribution in [-0.4, -0.2) is 31.2 Å². The van der Waals surface area contributed by atoms with Crippen LogP contribution in [0.1, 0.15) is 10.4 Å². The van der Waals surface area contributed by atoms with E-state index in [1.807, 2.05) is 24.3 Å². The lowest BCUT2D eigenvalue weighted by Crippen LogP contribution is -2.27. The third kappa shape index (κ3) is 3.79. The van der Waals surface area contributed by atoms with Gasteiger partial charge >= 0.3 is 0 Å². The molecule has 0 aliphatic heterocycles. The minimum Gasteiger partial charge on any atom is -0.383 e. The molecule has 1 aromatic heterocycles. The van der Waals surface area contributed by atoms with E-state index in [1.54, 1.807) is 25.6 Å². The molecule has 0 saturated heterocycles. The molecule has 0 aliphatic carbocycles. The Bertz CT molecular complexity index is 585. The number of carbonyl (C=O) groups is 1. The summed E-state index contributed by atoms with van der Waals surface area (Å²) in [5.74, 6) is -0.162. The molecule has 0 bridgehead atoms. The molecular formula is C15H15ClN2O2. The van der Waals surface area contributed by atoms with E-state index in [1.165, 1.54) is 0 Å². The molecule has 104 valence electrons. The summed E-state index contributed by atoms with van der Waals surface area (Å²) in [4.78, 5) is 16.0. The fourth-order valence-electron chi connectivity index (χ4n) is 1.73. The molecule has 0 aliphatic rings. The molecule has 1 heterocycles. The van der Waals surface area contributed by atoms with Gasteiger partial charge in [-0.2, -0.15) is 0 Å². The van der Waals surface area contributed by atoms with Crippen molar-refractivity contribution in [2.75, 3.05) is 20.3 Å². The van der Waals surface area contributed by atoms with Gasteiger partial charge in [0.15, 0.2) is 0 Å². The second-order valence-corrected chi connectivity index (χ2v) is 4.65. The Morgan fingerprint density at radius 2 is 2.00 bits per heavy atom. The van der Waals surface area contributed by atoms with Crippen LogP contribution in [0.3, 0.4) is 0 Å². The highest BCUT2D eigenvalue weighted by Crippen LogP contribution is 2.21. The van der Waals surface area contributed by atoms with Crippen LogP contribution in [0.2, 0.25) is 5.02 Å². The predicted octanol–water partition coefficient (Wildman–Crippen LogP) is 2.78. The van der Waals surface area contributed by atoms with E-state index in [0.29, 0.717) is 23.7 Å². The molecule has 0 radical (unpaired) electrons. The van der Waals surface area contributed by atoms with Crippen molar-refractivity contribution in [2.24, 2.45) is 0 Å². The Morgan fingerprint density at radius 3 is 2.70 bits per heavy atom. The zero-order valence-corrected chi connectivity index (χ0v) is 11.9. The minimum atomic E-state index is -0.162. The Morgan fingerprint density at radius 1 is 1.25 bits per heavy atom. The van der Waals surface area contributed by atoms with Crippen LogP contribution in [0.5, 0.6) is 0 Å². The average molecular weight is 291 g/mol. The van der Waals surface area contributed by atoms with Crippen LogP contribution in [0.25, 0.3) is 11.1 Å². The number of hydrogen-bond acceptors (Lipinski definition) is 3. The summed E-state index contributed by atoms with van der Waals surface area (Å²) in [6, 6.07) is 9.21. The number of nitrogens with one attached hydrogen (secondary N) is 1. The summed E-state index contributed by atoms with van der Waals surface area (Å²) >= 11 is 5.86. The SMILES string of the molecule is COCCNC(=O)c1cncc(-c2ccc(Cl)cc2)c1. The molecule has 5 heteroatoms. The van der Waals surface area contributed by atoms with Crippen molar-refractivity contribution in [1.29, 1.82) is 0 Å². The maximum Gasteiger partial charge on any atom is 0.252 e. The molecule has 0 fully saturated rings. The third-order valence-corrected chi connectivity index (χ3v) is 3.02. The number of hydrogen-bond donors (Lipinski definition) is 1. The molecule has 20 heavy (non-hydrogen) atoms. The number of pyridine rings is 1. The molecule has 0 unspecified atom stereocenters. The predicted molar refractivity (Wildman–Crippen MR) is 78.9 cm³/mol. The largest absolute Gasteiger partial charge is 0.383 e. The zero-order valence-electron chi connectivity index (χ0n) is 11.1. The van der Waals surface area contributed by atoms with Crippen molar-refractivity contribution < 1.29 is 9.53 Å². The summed E-state index contributed by atoms with van der Waals surface area (Å²) in [6.07, 6.45) is 3.26. The lowest BCUT2D eigenvalue weighted by Gasteiger charge is -2.06. The van der Waals surface area contributed by atoms with Crippen molar-refractivity contribution in [3.8, 4) is 11.1 Å². The zero-order chi connectivity index (χ0) is 14.4. The molecular weight excluding hydrogens is 276 g/mol. The Hall–Kier alpha value is -1.91. The molecule has 2 rings (SSSR count). The van der Waals surface area contributed by atoms with E-state index in [4.69, 9.17) is 16.3 Å². The Labute approximate surface area is 122 Å². The first-order valence-electron chi connectivity index (χ1n) is 6.19. The van der Waals surface area contributed by atoms with Gasteiger partial charge in [-0.1, -0.05) is 23.7 Å². The van der Waals surface area contributed by atoms with Crippen LogP contribution in [0.4, 0.5) is 0 Å². The summed E-state index contributed by atoms with van der Waals surface area (Å²) in [7, 11) is 1.59. The molecule has 4 nitrogen and oxygen atoms in total. The number of halogens is 1. The fourth-order valence-corrected chi connectivity index (χ4v) is 1.86. The normalized spacial score (nSPS) is 10.3. The van der Waals surface area contributed by atoms with E-state index in [2.05, 4.69) is 10.3 Å². The van der Waals surface area contributed by atoms with E-state index in [-0.39, 0.29) is 5.91 Å². The van der Waals surface area contributed by atoms with E-state index in [0.717, 1.165) is 11.1 Å². The fraction of sp³-hybridized carbons (Fsp3) is 0.200. The van der Waals surface area contributed by atoms with Crippen molar-refractivity contribution >= 4 is 17.5 Å². The van der Waals surface area contributed by atoms with E-state index >= 15 is 0 Å². The van der Waals surface area contributed by atoms with Gasteiger partial charge in [0.05, 0.1) is 12.2 Å². The Kier molecular flexibility index (Phi) is 5.09. The summed E-state index contributed by atoms with van der Waals surface area (Å²) in [5, 5.41) is 3.44. The van der Waals surface area contributed by atoms with Crippen molar-refractivity contribution in [1.82, 2.24) is 10.3 Å². The maximum absolute atomic E-state index is 11.9. The number of methoxy groups -OCH3 is 1. The van der Waals surface area contributed by atoms with Gasteiger partial charge in [0.1, 0.15) is 0 Å². The summed E-state index contributed by atoms with van der Waals surface area (Å²) < 4.78 is 4.89. The first kappa shape index (κ1) is 14.5. The van der Waals surface area contributed by atoms with E-state index in [9.17, 15) is 4.79 Å². The van der Waals surface area contributed by atoms with Crippen molar-refractivity contribution in [2.45, 2.75) is 0 Å². The highest BCUT2D eigenvalue weighted by Gasteiger charge is 2.07. The third-order valence-electron chi connectivity index (χ3n) is 2.77. The number of benzene rings is 1. The topological polar surface area (TPSA) is 51.2 Å². The van der Waals surface area contributed by atoms with Gasteiger partial charge in [-0.25, -0.2) is 0 Å². The second-order valence-electron chi connectivity index (χ2n) is 4.22. The van der Waals surface area contributed by atoms with Gasteiger partial charge in [0.25, 0.3) is 5.91 Å². The molecule has 0 atom stereocenters. The van der Waals surface area contributed by atoms with Crippen molar-refractivity contribution in [3.05, 3.63) is 53.3 Å². The molecule has 0 saturated carbocycles. The van der Waals surface area contributed by atoms with Gasteiger partial charge in [0.2, 0.25) is 0 Å². The van der Waals surface area contributed by atoms with Crippen LogP contribution in [0, 0.1) is 0 Å². The number of aromatic nitrogens is 1. The van der Waals surface area contributed by atoms with Gasteiger partial charge in [-0.05, 0) is 23.8 Å². The molecule has 1 aromatic carbocycles. The van der Waals surface area contributed by atoms with Crippen LogP contribution in [0.15, 0.2) is 42.7 Å². The van der Waals surface area contributed by atoms with Gasteiger partial charge < -0.3 is 10.1 Å². The summed E-state index contributed by atoms with van der Waals surface area (Å²) in [6.45, 7) is 0.955. The molecule has 1 N–H and O–H groups in total.